The van der Waals surface area contributed by atoms with E-state index in [1.807, 2.05) is 18.2 Å². The number of hydrogen-bond acceptors (Lipinski definition) is 5. The van der Waals surface area contributed by atoms with E-state index in [9.17, 15) is 4.79 Å². The van der Waals surface area contributed by atoms with Crippen LogP contribution in [0.4, 0.5) is 10.3 Å². The summed E-state index contributed by atoms with van der Waals surface area (Å²) in [7, 11) is 0. The van der Waals surface area contributed by atoms with Gasteiger partial charge in [0, 0.05) is 17.6 Å². The van der Waals surface area contributed by atoms with Crippen LogP contribution in [0.3, 0.4) is 0 Å². The van der Waals surface area contributed by atoms with Gasteiger partial charge in [0.05, 0.1) is 0 Å². The summed E-state index contributed by atoms with van der Waals surface area (Å²) in [6, 6.07) is 7.32. The number of amides is 1. The van der Waals surface area contributed by atoms with E-state index in [-0.39, 0.29) is 11.3 Å². The minimum absolute atomic E-state index is 0.146. The van der Waals surface area contributed by atoms with Crippen LogP contribution >= 0.6 is 22.9 Å². The zero-order chi connectivity index (χ0) is 16.9. The molecular weight excluding hydrogens is 332 g/mol. The molecule has 1 heterocycles. The fourth-order valence-electron chi connectivity index (χ4n) is 1.61. The van der Waals surface area contributed by atoms with Gasteiger partial charge in [-0.15, -0.1) is 10.2 Å². The van der Waals surface area contributed by atoms with Gasteiger partial charge in [-0.1, -0.05) is 61.9 Å². The number of halogens is 1. The van der Waals surface area contributed by atoms with Crippen LogP contribution in [0.15, 0.2) is 30.3 Å². The molecule has 1 aromatic carbocycles. The monoisotopic (exact) mass is 350 g/mol. The fourth-order valence-corrected chi connectivity index (χ4v) is 2.45. The van der Waals surface area contributed by atoms with Gasteiger partial charge in [-0.25, -0.2) is 0 Å². The van der Waals surface area contributed by atoms with E-state index >= 15 is 0 Å². The van der Waals surface area contributed by atoms with Crippen LogP contribution in [0.5, 0.6) is 0 Å². The van der Waals surface area contributed by atoms with Gasteiger partial charge in [0.2, 0.25) is 16.2 Å². The summed E-state index contributed by atoms with van der Waals surface area (Å²) in [6.45, 7) is 7.16. The molecule has 0 aliphatic heterocycles. The number of carbonyl (C=O) groups excluding carboxylic acids is 1. The van der Waals surface area contributed by atoms with Crippen molar-refractivity contribution in [2.45, 2.75) is 20.8 Å². The van der Waals surface area contributed by atoms with Gasteiger partial charge in [0.1, 0.15) is 0 Å². The Kier molecular flexibility index (Phi) is 5.74. The summed E-state index contributed by atoms with van der Waals surface area (Å²) in [5.41, 5.74) is 0.932. The molecule has 0 unspecified atom stereocenters. The molecule has 0 radical (unpaired) electrons. The highest BCUT2D eigenvalue weighted by Gasteiger charge is 2.12. The fraction of sp³-hybridized carbons (Fsp3) is 0.312. The average molecular weight is 351 g/mol. The molecular formula is C16H19ClN4OS. The maximum absolute atomic E-state index is 11.9. The van der Waals surface area contributed by atoms with E-state index in [0.717, 1.165) is 12.1 Å². The molecule has 0 fully saturated rings. The Bertz CT molecular complexity index is 706. The van der Waals surface area contributed by atoms with Crippen LogP contribution in [0.25, 0.3) is 6.08 Å². The minimum Gasteiger partial charge on any atom is -0.360 e. The number of hydrogen-bond donors (Lipinski definition) is 2. The van der Waals surface area contributed by atoms with E-state index in [4.69, 9.17) is 11.6 Å². The van der Waals surface area contributed by atoms with Crippen LogP contribution in [0.2, 0.25) is 5.02 Å². The van der Waals surface area contributed by atoms with Gasteiger partial charge >= 0.3 is 0 Å². The Morgan fingerprint density at radius 2 is 1.96 bits per heavy atom. The third kappa shape index (κ3) is 6.00. The van der Waals surface area contributed by atoms with Crippen molar-refractivity contribution in [3.63, 3.8) is 0 Å². The molecule has 0 saturated heterocycles. The Balaban J connectivity index is 1.91. The molecule has 0 bridgehead atoms. The van der Waals surface area contributed by atoms with Crippen LogP contribution in [-0.2, 0) is 4.79 Å². The highest BCUT2D eigenvalue weighted by molar-refractivity contribution is 7.19. The van der Waals surface area contributed by atoms with Crippen LogP contribution in [0.1, 0.15) is 26.3 Å². The first kappa shape index (κ1) is 17.4. The van der Waals surface area contributed by atoms with Gasteiger partial charge in [-0.2, -0.15) is 0 Å². The van der Waals surface area contributed by atoms with Crippen molar-refractivity contribution in [2.24, 2.45) is 5.41 Å². The quantitative estimate of drug-likeness (QED) is 0.789. The predicted molar refractivity (Wildman–Crippen MR) is 97.0 cm³/mol. The molecule has 0 atom stereocenters. The number of anilines is 2. The minimum atomic E-state index is -0.275. The number of nitrogens with one attached hydrogen (secondary N) is 2. The van der Waals surface area contributed by atoms with E-state index in [1.165, 1.54) is 17.4 Å². The van der Waals surface area contributed by atoms with Crippen molar-refractivity contribution in [1.82, 2.24) is 10.2 Å². The lowest BCUT2D eigenvalue weighted by atomic mass is 9.97. The maximum Gasteiger partial charge on any atom is 0.250 e. The van der Waals surface area contributed by atoms with Crippen LogP contribution in [-0.4, -0.2) is 22.6 Å². The van der Waals surface area contributed by atoms with E-state index in [2.05, 4.69) is 41.6 Å². The third-order valence-electron chi connectivity index (χ3n) is 2.74. The summed E-state index contributed by atoms with van der Waals surface area (Å²) in [6.07, 6.45) is 3.09. The number of aromatic nitrogens is 2. The van der Waals surface area contributed by atoms with E-state index in [0.29, 0.717) is 15.3 Å². The van der Waals surface area contributed by atoms with Gasteiger partial charge in [0.15, 0.2) is 0 Å². The zero-order valence-corrected chi connectivity index (χ0v) is 14.8. The van der Waals surface area contributed by atoms with Crippen molar-refractivity contribution in [1.29, 1.82) is 0 Å². The first-order chi connectivity index (χ1) is 10.8. The Labute approximate surface area is 144 Å². The van der Waals surface area contributed by atoms with Crippen molar-refractivity contribution >= 4 is 45.2 Å². The Morgan fingerprint density at radius 1 is 1.26 bits per heavy atom. The highest BCUT2D eigenvalue weighted by atomic mass is 35.5. The summed E-state index contributed by atoms with van der Waals surface area (Å²) in [5, 5.41) is 15.6. The lowest BCUT2D eigenvalue weighted by molar-refractivity contribution is -0.111. The van der Waals surface area contributed by atoms with Crippen molar-refractivity contribution in [3.8, 4) is 0 Å². The average Bonchev–Trinajstić information content (AvgIpc) is 2.91. The first-order valence-corrected chi connectivity index (χ1v) is 8.34. The highest BCUT2D eigenvalue weighted by Crippen LogP contribution is 2.22. The topological polar surface area (TPSA) is 66.9 Å². The van der Waals surface area contributed by atoms with E-state index in [1.54, 1.807) is 12.1 Å². The molecule has 23 heavy (non-hydrogen) atoms. The number of benzene rings is 1. The molecule has 1 aromatic heterocycles. The summed E-state index contributed by atoms with van der Waals surface area (Å²) >= 11 is 7.33. The molecule has 2 aromatic rings. The molecule has 0 aliphatic carbocycles. The van der Waals surface area contributed by atoms with Gasteiger partial charge in [-0.3, -0.25) is 10.1 Å². The van der Waals surface area contributed by atoms with Gasteiger partial charge in [-0.05, 0) is 23.1 Å². The van der Waals surface area contributed by atoms with Crippen molar-refractivity contribution in [2.75, 3.05) is 17.2 Å². The van der Waals surface area contributed by atoms with Crippen LogP contribution < -0.4 is 10.6 Å². The lowest BCUT2D eigenvalue weighted by Crippen LogP contribution is -2.18. The summed E-state index contributed by atoms with van der Waals surface area (Å²) < 4.78 is 0. The molecule has 2 rings (SSSR count). The van der Waals surface area contributed by atoms with Gasteiger partial charge < -0.3 is 5.32 Å². The predicted octanol–water partition coefficient (Wildman–Crippen LogP) is 4.30. The Morgan fingerprint density at radius 3 is 2.65 bits per heavy atom. The largest absolute Gasteiger partial charge is 0.360 e. The summed E-state index contributed by atoms with van der Waals surface area (Å²) in [4.78, 5) is 11.9. The lowest BCUT2D eigenvalue weighted by Gasteiger charge is -2.17. The molecule has 1 amide bonds. The second-order valence-electron chi connectivity index (χ2n) is 6.17. The molecule has 122 valence electrons. The normalized spacial score (nSPS) is 11.7. The standard InChI is InChI=1S/C16H19ClN4OS/c1-16(2,3)10-18-14-20-21-15(23-14)19-13(22)9-8-11-6-4-5-7-12(11)17/h4-9H,10H2,1-3H3,(H,18,20)(H,19,21,22)/b9-8+. The molecule has 0 aliphatic rings. The molecule has 0 saturated carbocycles. The molecule has 5 nitrogen and oxygen atoms in total. The smallest absolute Gasteiger partial charge is 0.250 e. The molecule has 2 N–H and O–H groups in total. The number of carbonyl (C=O) groups is 1. The van der Waals surface area contributed by atoms with Gasteiger partial charge in [0.25, 0.3) is 0 Å². The third-order valence-corrected chi connectivity index (χ3v) is 3.89. The first-order valence-electron chi connectivity index (χ1n) is 7.14. The SMILES string of the molecule is CC(C)(C)CNc1nnc(NC(=O)/C=C/c2ccccc2Cl)s1. The molecule has 7 heteroatoms. The van der Waals surface area contributed by atoms with Crippen LogP contribution in [0, 0.1) is 5.41 Å². The number of rotatable bonds is 5. The Hall–Kier alpha value is -1.92. The second kappa shape index (κ2) is 7.57. The summed E-state index contributed by atoms with van der Waals surface area (Å²) in [5.74, 6) is -0.275. The maximum atomic E-state index is 11.9. The van der Waals surface area contributed by atoms with Crippen molar-refractivity contribution in [3.05, 3.63) is 40.9 Å². The zero-order valence-electron chi connectivity index (χ0n) is 13.3. The molecule has 0 spiro atoms. The second-order valence-corrected chi connectivity index (χ2v) is 7.56. The van der Waals surface area contributed by atoms with E-state index < -0.39 is 0 Å². The van der Waals surface area contributed by atoms with Crippen molar-refractivity contribution < 1.29 is 4.79 Å². The number of nitrogens with zero attached hydrogens (tertiary/aromatic N) is 2.